The Labute approximate surface area is 220 Å². The number of carbonyl (C=O) groups excluding carboxylic acids is 1. The van der Waals surface area contributed by atoms with Crippen LogP contribution in [0, 0.1) is 19.7 Å². The average molecular weight is 549 g/mol. The van der Waals surface area contributed by atoms with E-state index >= 15 is 0 Å². The van der Waals surface area contributed by atoms with Crippen LogP contribution < -0.4 is 4.74 Å². The SMILES string of the molecule is C=C(/C=C(F)\C=C(/C)F)[C@@H]1CC=NN1C(=O)N1CC(Oc2cc(-n3nc(C)c(S(C)=O)c3C)ncc2F)C1. The minimum absolute atomic E-state index is 0.0545. The first-order valence-corrected chi connectivity index (χ1v) is 13.2. The second-order valence-corrected chi connectivity index (χ2v) is 10.3. The van der Waals surface area contributed by atoms with Crippen LogP contribution in [-0.2, 0) is 10.8 Å². The number of urea groups is 1. The second kappa shape index (κ2) is 10.9. The molecule has 1 fully saturated rings. The van der Waals surface area contributed by atoms with Crippen LogP contribution in [0.2, 0.25) is 0 Å². The fourth-order valence-electron chi connectivity index (χ4n) is 4.29. The van der Waals surface area contributed by atoms with Crippen LogP contribution in [0.1, 0.15) is 24.7 Å². The number of hydrazone groups is 1. The molecule has 9 nitrogen and oxygen atoms in total. The van der Waals surface area contributed by atoms with Crippen LogP contribution >= 0.6 is 0 Å². The van der Waals surface area contributed by atoms with Gasteiger partial charge in [0.1, 0.15) is 11.9 Å². The highest BCUT2D eigenvalue weighted by Crippen LogP contribution is 2.28. The molecular formula is C25H27F3N6O3S. The molecule has 0 aliphatic carbocycles. The summed E-state index contributed by atoms with van der Waals surface area (Å²) in [5.41, 5.74) is 1.48. The summed E-state index contributed by atoms with van der Waals surface area (Å²) in [4.78, 5) is 19.1. The lowest BCUT2D eigenvalue weighted by atomic mass is 10.1. The summed E-state index contributed by atoms with van der Waals surface area (Å²) in [5.74, 6) is -1.93. The molecule has 4 rings (SSSR count). The highest BCUT2D eigenvalue weighted by atomic mass is 32.2. The Bertz CT molecular complexity index is 1390. The highest BCUT2D eigenvalue weighted by molar-refractivity contribution is 7.84. The van der Waals surface area contributed by atoms with Crippen molar-refractivity contribution in [1.29, 1.82) is 0 Å². The third-order valence-corrected chi connectivity index (χ3v) is 7.23. The molecule has 0 radical (unpaired) electrons. The van der Waals surface area contributed by atoms with Gasteiger partial charge in [0, 0.05) is 31.0 Å². The van der Waals surface area contributed by atoms with E-state index in [1.165, 1.54) is 26.9 Å². The number of nitrogens with zero attached hydrogens (tertiary/aromatic N) is 6. The number of rotatable bonds is 7. The number of aryl methyl sites for hydroxylation is 1. The summed E-state index contributed by atoms with van der Waals surface area (Å²) in [7, 11) is -1.25. The molecule has 38 heavy (non-hydrogen) atoms. The zero-order valence-corrected chi connectivity index (χ0v) is 22.1. The van der Waals surface area contributed by atoms with Crippen LogP contribution in [0.5, 0.6) is 5.75 Å². The molecule has 2 aromatic rings. The number of hydrogen-bond donors (Lipinski definition) is 0. The molecule has 2 aromatic heterocycles. The summed E-state index contributed by atoms with van der Waals surface area (Å²) < 4.78 is 60.6. The van der Waals surface area contributed by atoms with Crippen LogP contribution in [0.4, 0.5) is 18.0 Å². The molecule has 2 aliphatic heterocycles. The number of carbonyl (C=O) groups is 1. The van der Waals surface area contributed by atoms with Gasteiger partial charge in [0.25, 0.3) is 0 Å². The zero-order chi connectivity index (χ0) is 27.7. The van der Waals surface area contributed by atoms with E-state index in [4.69, 9.17) is 4.74 Å². The molecule has 13 heteroatoms. The predicted molar refractivity (Wildman–Crippen MR) is 136 cm³/mol. The van der Waals surface area contributed by atoms with E-state index in [-0.39, 0.29) is 24.4 Å². The minimum atomic E-state index is -1.25. The monoisotopic (exact) mass is 548 g/mol. The summed E-state index contributed by atoms with van der Waals surface area (Å²) in [6, 6.07) is 0.361. The molecule has 1 unspecified atom stereocenters. The van der Waals surface area contributed by atoms with Gasteiger partial charge in [0.2, 0.25) is 0 Å². The van der Waals surface area contributed by atoms with Crippen LogP contribution in [0.3, 0.4) is 0 Å². The maximum atomic E-state index is 14.5. The highest BCUT2D eigenvalue weighted by Gasteiger charge is 2.39. The maximum Gasteiger partial charge on any atom is 0.341 e. The Morgan fingerprint density at radius 1 is 1.26 bits per heavy atom. The molecule has 0 N–H and O–H groups in total. The van der Waals surface area contributed by atoms with Gasteiger partial charge in [-0.3, -0.25) is 4.21 Å². The Kier molecular flexibility index (Phi) is 7.86. The van der Waals surface area contributed by atoms with Crippen molar-refractivity contribution in [2.24, 2.45) is 5.10 Å². The van der Waals surface area contributed by atoms with Crippen LogP contribution in [0.25, 0.3) is 5.82 Å². The fraction of sp³-hybridized carbons (Fsp3) is 0.360. The van der Waals surface area contributed by atoms with Gasteiger partial charge < -0.3 is 9.64 Å². The first-order chi connectivity index (χ1) is 18.0. The lowest BCUT2D eigenvalue weighted by Crippen LogP contribution is -2.59. The number of halogens is 3. The topological polar surface area (TPSA) is 92.9 Å². The number of hydrogen-bond acceptors (Lipinski definition) is 6. The van der Waals surface area contributed by atoms with Crippen molar-refractivity contribution in [2.75, 3.05) is 19.3 Å². The van der Waals surface area contributed by atoms with Crippen molar-refractivity contribution in [2.45, 2.75) is 44.2 Å². The van der Waals surface area contributed by atoms with Crippen molar-refractivity contribution < 1.29 is 26.9 Å². The molecule has 1 saturated heterocycles. The first kappa shape index (κ1) is 27.3. The molecular weight excluding hydrogens is 521 g/mol. The van der Waals surface area contributed by atoms with Crippen molar-refractivity contribution in [3.05, 3.63) is 65.4 Å². The molecule has 2 amide bonds. The number of amides is 2. The lowest BCUT2D eigenvalue weighted by Gasteiger charge is -2.41. The van der Waals surface area contributed by atoms with E-state index < -0.39 is 46.4 Å². The largest absolute Gasteiger partial charge is 0.483 e. The Balaban J connectivity index is 1.41. The molecule has 0 bridgehead atoms. The molecule has 0 spiro atoms. The quantitative estimate of drug-likeness (QED) is 0.482. The summed E-state index contributed by atoms with van der Waals surface area (Å²) >= 11 is 0. The third kappa shape index (κ3) is 5.57. The van der Waals surface area contributed by atoms with Gasteiger partial charge in [-0.1, -0.05) is 6.58 Å². The molecule has 202 valence electrons. The van der Waals surface area contributed by atoms with E-state index in [2.05, 4.69) is 21.8 Å². The van der Waals surface area contributed by atoms with Gasteiger partial charge >= 0.3 is 6.03 Å². The van der Waals surface area contributed by atoms with E-state index in [1.807, 2.05) is 0 Å². The third-order valence-electron chi connectivity index (χ3n) is 6.06. The number of ether oxygens (including phenoxy) is 1. The first-order valence-electron chi connectivity index (χ1n) is 11.7. The van der Waals surface area contributed by atoms with E-state index in [1.54, 1.807) is 20.1 Å². The number of likely N-dealkylation sites (tertiary alicyclic amines) is 1. The number of pyridine rings is 1. The van der Waals surface area contributed by atoms with Gasteiger partial charge in [0.15, 0.2) is 17.4 Å². The van der Waals surface area contributed by atoms with E-state index in [0.717, 1.165) is 25.3 Å². The Morgan fingerprint density at radius 2 is 1.97 bits per heavy atom. The molecule has 2 aliphatic rings. The normalized spacial score (nSPS) is 19.1. The Hall–Kier alpha value is -3.74. The van der Waals surface area contributed by atoms with E-state index in [0.29, 0.717) is 28.5 Å². The lowest BCUT2D eigenvalue weighted by molar-refractivity contribution is 0.0273. The second-order valence-electron chi connectivity index (χ2n) is 9.00. The zero-order valence-electron chi connectivity index (χ0n) is 21.3. The standard InChI is InChI=1S/C25H27F3N6O3S/c1-14(8-18(27)9-15(2)26)21-6-7-30-34(21)25(35)32-12-19(13-32)37-22-10-23(29-11-20(22)28)33-17(4)24(38(5)36)16(3)31-33/h7-11,19,21H,1,6,12-13H2,2-5H3/b15-9+,18-8+/t21-,38?/m0/s1. The van der Waals surface area contributed by atoms with Crippen molar-refractivity contribution >= 4 is 23.0 Å². The number of allylic oxidation sites excluding steroid dienone is 3. The smallest absolute Gasteiger partial charge is 0.341 e. The number of aromatic nitrogens is 3. The van der Waals surface area contributed by atoms with Crippen LogP contribution in [0.15, 0.2) is 58.2 Å². The van der Waals surface area contributed by atoms with E-state index in [9.17, 15) is 22.2 Å². The van der Waals surface area contributed by atoms with Gasteiger partial charge in [0.05, 0.1) is 58.2 Å². The molecule has 2 atom stereocenters. The van der Waals surface area contributed by atoms with Gasteiger partial charge in [-0.25, -0.2) is 32.6 Å². The molecule has 0 aromatic carbocycles. The van der Waals surface area contributed by atoms with Crippen molar-refractivity contribution in [1.82, 2.24) is 24.7 Å². The summed E-state index contributed by atoms with van der Waals surface area (Å²) in [5, 5.41) is 9.65. The fourth-order valence-corrected chi connectivity index (χ4v) is 5.25. The van der Waals surface area contributed by atoms with Crippen molar-refractivity contribution in [3.63, 3.8) is 0 Å². The minimum Gasteiger partial charge on any atom is -0.483 e. The summed E-state index contributed by atoms with van der Waals surface area (Å²) in [6.45, 7) is 8.76. The molecule has 0 saturated carbocycles. The maximum absolute atomic E-state index is 14.5. The van der Waals surface area contributed by atoms with Crippen molar-refractivity contribution in [3.8, 4) is 11.6 Å². The Morgan fingerprint density at radius 3 is 2.61 bits per heavy atom. The van der Waals surface area contributed by atoms with Gasteiger partial charge in [-0.2, -0.15) is 10.2 Å². The van der Waals surface area contributed by atoms with Gasteiger partial charge in [-0.05, 0) is 32.4 Å². The van der Waals surface area contributed by atoms with Crippen LogP contribution in [-0.4, -0.2) is 72.6 Å². The summed E-state index contributed by atoms with van der Waals surface area (Å²) in [6.07, 6.45) is 5.76. The predicted octanol–water partition coefficient (Wildman–Crippen LogP) is 4.29. The van der Waals surface area contributed by atoms with Gasteiger partial charge in [-0.15, -0.1) is 0 Å². The molecule has 4 heterocycles. The average Bonchev–Trinajstić information content (AvgIpc) is 3.40.